The van der Waals surface area contributed by atoms with Crippen LogP contribution in [0.3, 0.4) is 0 Å². The summed E-state index contributed by atoms with van der Waals surface area (Å²) in [6.07, 6.45) is 0. The molecule has 6 aromatic heterocycles. The van der Waals surface area contributed by atoms with Crippen molar-refractivity contribution in [3.05, 3.63) is 491 Å². The Morgan fingerprint density at radius 1 is 0.136 bits per heavy atom. The third-order valence-electron chi connectivity index (χ3n) is 27.5. The zero-order valence-electron chi connectivity index (χ0n) is 93.8. The molecule has 30 rings (SSSR count). The van der Waals surface area contributed by atoms with Crippen LogP contribution in [0.2, 0.25) is 0 Å². The van der Waals surface area contributed by atoms with Gasteiger partial charge < -0.3 is 0 Å². The van der Waals surface area contributed by atoms with Gasteiger partial charge in [-0.15, -0.1) is 0 Å². The molecule has 24 aromatic carbocycles. The molecule has 0 N–H and O–H groups in total. The second kappa shape index (κ2) is 36.9. The predicted octanol–water partition coefficient (Wildman–Crippen LogP) is 34.1. The first-order chi connectivity index (χ1) is 79.5. The third-order valence-corrected chi connectivity index (χ3v) is 35.2. The average Bonchev–Trinajstić information content (AvgIpc) is 1.55. The topological polar surface area (TPSA) is 116 Å². The van der Waals surface area contributed by atoms with Crippen LogP contribution in [0.5, 0.6) is 0 Å². The van der Waals surface area contributed by atoms with Gasteiger partial charge in [-0.3, -0.25) is 0 Å². The van der Waals surface area contributed by atoms with E-state index in [-0.39, 0.29) is 61.7 Å². The second-order valence-electron chi connectivity index (χ2n) is 36.0. The normalized spacial score (nSPS) is 13.2. The summed E-state index contributed by atoms with van der Waals surface area (Å²) in [6.45, 7) is 0. The fraction of sp³-hybridized carbons (Fsp3) is 0. The van der Waals surface area contributed by atoms with E-state index in [4.69, 9.17) is 46.4 Å². The molecule has 0 unspecified atom stereocenters. The van der Waals surface area contributed by atoms with Crippen LogP contribution in [0.1, 0.15) is 21.9 Å². The van der Waals surface area contributed by atoms with Gasteiger partial charge in [0.2, 0.25) is 0 Å². The maximum absolute atomic E-state index is 9.30. The Labute approximate surface area is 885 Å². The molecule has 0 saturated carbocycles. The van der Waals surface area contributed by atoms with Crippen LogP contribution in [-0.2, 0) is 0 Å². The molecule has 0 spiro atoms. The van der Waals surface area contributed by atoms with E-state index < -0.39 is 128 Å². The van der Waals surface area contributed by atoms with E-state index in [0.29, 0.717) is 50.3 Å². The number of hydrogen-bond acceptors (Lipinski definition) is 9. The first kappa shape index (κ1) is 71.6. The van der Waals surface area contributed by atoms with E-state index in [1.165, 1.54) is 103 Å². The van der Waals surface area contributed by atoms with Crippen LogP contribution in [0, 0.1) is 0 Å². The molecule has 0 bridgehead atoms. The van der Waals surface area contributed by atoms with E-state index in [2.05, 4.69) is 312 Å². The molecule has 0 radical (unpaired) electrons. The molecule has 0 aliphatic carbocycles. The van der Waals surface area contributed by atoms with Gasteiger partial charge in [0.1, 0.15) is 0 Å². The molecular weight excluding hydrogens is 1980 g/mol. The molecule has 9 nitrogen and oxygen atoms in total. The number of rotatable bonds is 12. The number of fused-ring (bicyclic) bond motifs is 24. The van der Waals surface area contributed by atoms with Gasteiger partial charge in [0, 0.05) is 0 Å². The average molecular weight is 2080 g/mol. The van der Waals surface area contributed by atoms with E-state index in [0.717, 1.165) is 88.0 Å². The van der Waals surface area contributed by atoms with Gasteiger partial charge in [-0.25, -0.2) is 0 Å². The van der Waals surface area contributed by atoms with Crippen LogP contribution < -0.4 is 0 Å². The van der Waals surface area contributed by atoms with Crippen LogP contribution in [0.25, 0.3) is 291 Å². The number of benzene rings is 24. The molecule has 12 heteroatoms. The van der Waals surface area contributed by atoms with Crippen molar-refractivity contribution >= 4 is 198 Å². The summed E-state index contributed by atoms with van der Waals surface area (Å²) in [5, 5.41) is 26.3. The fourth-order valence-corrected chi connectivity index (χ4v) is 28.2. The van der Waals surface area contributed by atoms with Gasteiger partial charge in [0.25, 0.3) is 0 Å². The summed E-state index contributed by atoms with van der Waals surface area (Å²) < 4.78 is 146. The molecule has 147 heavy (non-hydrogen) atoms. The van der Waals surface area contributed by atoms with E-state index in [9.17, 15) is 5.48 Å². The quantitative estimate of drug-likeness (QED) is 0.0871. The van der Waals surface area contributed by atoms with Gasteiger partial charge in [0.15, 0.2) is 0 Å². The SMILES string of the molecule is [2H]c1c([2H])c([2H])c(-c2nc(-c3c([2H])c([2H])c([2H])c([2H])c3[2H])nc(-c3c([2H])c([2H])c([2H])c4c3[se]c3c(-c5ccc6ccc7c8ccccc8ccc7c6c5)c([2H])c([2H])c([2H])c34)n2)c([2H])c1[2H].c1ccc(-c2nc(-c3cccc(-c4ccc5ccc6c7ccccc7ccc6c5c4)c3)nc(-c3cccc4c3[se]c3ccccc34)n2)cc1.c1ccc(-c2nc(-c3ccccc3-c3ccc4ccc5c6ccccc6ccc5c4c3)nc(-c3cccc4c3[se]c3ccccc34)n2)cc1. The van der Waals surface area contributed by atoms with Crippen molar-refractivity contribution in [3.8, 4) is 136 Å². The predicted molar refractivity (Wildman–Crippen MR) is 618 cm³/mol. The zero-order valence-corrected chi connectivity index (χ0v) is 82.9. The van der Waals surface area contributed by atoms with Crippen molar-refractivity contribution in [3.63, 3.8) is 0 Å². The summed E-state index contributed by atoms with van der Waals surface area (Å²) in [4.78, 5) is 44.3. The number of nitrogens with zero attached hydrogens (tertiary/aromatic N) is 9. The van der Waals surface area contributed by atoms with Gasteiger partial charge in [-0.2, -0.15) is 0 Å². The minimum absolute atomic E-state index is 0.0302. The molecule has 0 fully saturated rings. The molecule has 0 amide bonds. The molecule has 0 aliphatic heterocycles. The Kier molecular flexibility index (Phi) is 18.0. The van der Waals surface area contributed by atoms with Gasteiger partial charge >= 0.3 is 780 Å². The standard InChI is InChI=1S/3C45H27N3Se/c1-3-12-30(13-4-1)43-46-44(31-14-5-2-6-15-31)48-45(47-43)39-20-10-19-38-37-18-9-17-34(41(37)49-42(38)39)32-22-21-29-24-25-35-33-16-8-7-11-28(33)23-26-36(35)40(29)27-32;1-2-11-30(12-3-1)43-46-44(48-45(47-43)39-18-9-17-38-37-16-6-7-19-41(37)49-42(38)39)33-14-8-13-31(26-33)32-21-20-29-23-24-35-34-15-5-4-10-28(34)22-25-36(35)40(29)27-32;1-2-12-30(13-3-1)43-46-44(48-45(47-43)39-19-10-18-37-36-16-8-9-20-41(36)49-42(37)39)38-17-7-6-15-33(38)31-22-21-29-24-25-34-32-14-5-4-11-28(32)23-26-35(34)40(29)27-31/h3*1-27H/i1D,2D,3D,4D,5D,6D,9D,10D,12D,13D,14D,15D,17D,18D,19D,20D;;. The molecule has 30 aromatic rings. The van der Waals surface area contributed by atoms with Crippen molar-refractivity contribution < 1.29 is 21.9 Å². The molecule has 0 saturated heterocycles. The van der Waals surface area contributed by atoms with Crippen LogP contribution >= 0.6 is 0 Å². The van der Waals surface area contributed by atoms with Gasteiger partial charge in [0.05, 0.1) is 0 Å². The molecular formula is C135H81N9Se3. The van der Waals surface area contributed by atoms with Crippen molar-refractivity contribution in [1.82, 2.24) is 44.9 Å². The number of aromatic nitrogens is 9. The first-order valence-corrected chi connectivity index (χ1v) is 53.2. The second-order valence-corrected chi connectivity index (χ2v) is 42.6. The van der Waals surface area contributed by atoms with Gasteiger partial charge in [-0.1, -0.05) is 84.9 Å². The summed E-state index contributed by atoms with van der Waals surface area (Å²) in [7, 11) is 0. The van der Waals surface area contributed by atoms with E-state index in [1.807, 2.05) is 97.1 Å². The van der Waals surface area contributed by atoms with Gasteiger partial charge in [-0.05, 0) is 26.9 Å². The fourth-order valence-electron chi connectivity index (χ4n) is 20.5. The third kappa shape index (κ3) is 15.8. The summed E-state index contributed by atoms with van der Waals surface area (Å²) >= 11 is -0.660. The molecule has 684 valence electrons. The van der Waals surface area contributed by atoms with Crippen molar-refractivity contribution in [2.45, 2.75) is 0 Å². The zero-order chi connectivity index (χ0) is 111. The Balaban J connectivity index is 0.000000116. The summed E-state index contributed by atoms with van der Waals surface area (Å²) in [5.74, 6) is 2.55. The summed E-state index contributed by atoms with van der Waals surface area (Å²) in [5.41, 5.74) is 10.2. The van der Waals surface area contributed by atoms with Crippen molar-refractivity contribution in [2.24, 2.45) is 0 Å². The van der Waals surface area contributed by atoms with Crippen LogP contribution in [0.4, 0.5) is 0 Å². The van der Waals surface area contributed by atoms with Crippen LogP contribution in [-0.4, -0.2) is 88.4 Å². The summed E-state index contributed by atoms with van der Waals surface area (Å²) in [6, 6.07) is 129. The number of hydrogen-bond donors (Lipinski definition) is 0. The van der Waals surface area contributed by atoms with E-state index in [1.54, 1.807) is 0 Å². The molecule has 6 heterocycles. The molecule has 0 aliphatic rings. The Morgan fingerprint density at radius 2 is 0.429 bits per heavy atom. The Bertz CT molecular complexity index is 11500. The monoisotopic (exact) mass is 2080 g/mol. The first-order valence-electron chi connectivity index (χ1n) is 56.0. The Morgan fingerprint density at radius 3 is 0.905 bits per heavy atom. The van der Waals surface area contributed by atoms with Crippen molar-refractivity contribution in [2.75, 3.05) is 0 Å². The minimum atomic E-state index is -1.00. The van der Waals surface area contributed by atoms with Crippen LogP contribution in [0.15, 0.2) is 491 Å². The maximum atomic E-state index is 9.30. The van der Waals surface area contributed by atoms with E-state index >= 15 is 0 Å². The molecule has 0 atom stereocenters. The Hall–Kier alpha value is -17.8. The van der Waals surface area contributed by atoms with Crippen molar-refractivity contribution in [1.29, 1.82) is 0 Å².